The molecule has 1 unspecified atom stereocenters. The fourth-order valence-corrected chi connectivity index (χ4v) is 2.19. The molecule has 1 atom stereocenters. The van der Waals surface area contributed by atoms with Gasteiger partial charge in [-0.15, -0.1) is 0 Å². The van der Waals surface area contributed by atoms with Gasteiger partial charge < -0.3 is 10.4 Å². The normalized spacial score (nSPS) is 26.5. The number of piperidine rings is 1. The number of aromatic nitrogens is 1. The highest BCUT2D eigenvalue weighted by Crippen LogP contribution is 2.20. The van der Waals surface area contributed by atoms with E-state index in [1.54, 1.807) is 6.20 Å². The van der Waals surface area contributed by atoms with Crippen LogP contribution in [0.25, 0.3) is 0 Å². The van der Waals surface area contributed by atoms with Crippen LogP contribution in [0.1, 0.15) is 18.5 Å². The van der Waals surface area contributed by atoms with E-state index in [1.807, 2.05) is 12.1 Å². The molecular formula is C11H15BrN2O. The number of nitrogens with one attached hydrogen (secondary N) is 1. The Morgan fingerprint density at radius 1 is 1.53 bits per heavy atom. The minimum absolute atomic E-state index is 0.612. The summed E-state index contributed by atoms with van der Waals surface area (Å²) in [5.74, 6) is 0. The van der Waals surface area contributed by atoms with Crippen molar-refractivity contribution in [2.45, 2.75) is 24.9 Å². The van der Waals surface area contributed by atoms with Crippen LogP contribution in [0.4, 0.5) is 0 Å². The van der Waals surface area contributed by atoms with Crippen LogP contribution >= 0.6 is 15.9 Å². The summed E-state index contributed by atoms with van der Waals surface area (Å²) in [6.45, 7) is 1.68. The number of nitrogens with zero attached hydrogens (tertiary/aromatic N) is 1. The lowest BCUT2D eigenvalue weighted by Gasteiger charge is -2.32. The van der Waals surface area contributed by atoms with Gasteiger partial charge in [0.15, 0.2) is 0 Å². The molecule has 0 amide bonds. The topological polar surface area (TPSA) is 45.2 Å². The second kappa shape index (κ2) is 4.60. The van der Waals surface area contributed by atoms with E-state index in [2.05, 4.69) is 26.2 Å². The van der Waals surface area contributed by atoms with Crippen LogP contribution < -0.4 is 5.32 Å². The predicted molar refractivity (Wildman–Crippen MR) is 62.7 cm³/mol. The number of halogens is 1. The first-order valence-corrected chi connectivity index (χ1v) is 6.01. The molecule has 3 nitrogen and oxygen atoms in total. The van der Waals surface area contributed by atoms with Gasteiger partial charge in [0.2, 0.25) is 0 Å². The third kappa shape index (κ3) is 3.00. The Bertz CT molecular complexity index is 320. The van der Waals surface area contributed by atoms with Gasteiger partial charge in [-0.3, -0.25) is 4.98 Å². The van der Waals surface area contributed by atoms with Crippen LogP contribution in [0.15, 0.2) is 22.8 Å². The van der Waals surface area contributed by atoms with E-state index < -0.39 is 5.60 Å². The first-order chi connectivity index (χ1) is 7.18. The zero-order valence-corrected chi connectivity index (χ0v) is 10.1. The van der Waals surface area contributed by atoms with Gasteiger partial charge >= 0.3 is 0 Å². The van der Waals surface area contributed by atoms with Crippen molar-refractivity contribution in [1.29, 1.82) is 0 Å². The Morgan fingerprint density at radius 3 is 3.00 bits per heavy atom. The summed E-state index contributed by atoms with van der Waals surface area (Å²) in [6.07, 6.45) is 4.30. The second-order valence-corrected chi connectivity index (χ2v) is 5.06. The van der Waals surface area contributed by atoms with Crippen molar-refractivity contribution < 1.29 is 5.11 Å². The highest BCUT2D eigenvalue weighted by Gasteiger charge is 2.29. The van der Waals surface area contributed by atoms with E-state index in [9.17, 15) is 5.11 Å². The Balaban J connectivity index is 2.03. The molecule has 2 heterocycles. The van der Waals surface area contributed by atoms with Crippen LogP contribution in [0, 0.1) is 0 Å². The predicted octanol–water partition coefficient (Wildman–Crippen LogP) is 1.50. The largest absolute Gasteiger partial charge is 0.388 e. The van der Waals surface area contributed by atoms with Crippen molar-refractivity contribution in [2.75, 3.05) is 13.1 Å². The van der Waals surface area contributed by atoms with Crippen molar-refractivity contribution in [3.63, 3.8) is 0 Å². The Hall–Kier alpha value is -0.450. The van der Waals surface area contributed by atoms with Gasteiger partial charge in [0, 0.05) is 29.3 Å². The second-order valence-electron chi connectivity index (χ2n) is 4.15. The van der Waals surface area contributed by atoms with Crippen LogP contribution in [0.2, 0.25) is 0 Å². The summed E-state index contributed by atoms with van der Waals surface area (Å²) in [5.41, 5.74) is 0.336. The van der Waals surface area contributed by atoms with Gasteiger partial charge in [-0.1, -0.05) is 0 Å². The molecule has 1 fully saturated rings. The lowest BCUT2D eigenvalue weighted by Crippen LogP contribution is -2.47. The smallest absolute Gasteiger partial charge is 0.0827 e. The first-order valence-electron chi connectivity index (χ1n) is 5.22. The molecular weight excluding hydrogens is 256 g/mol. The maximum Gasteiger partial charge on any atom is 0.0827 e. The summed E-state index contributed by atoms with van der Waals surface area (Å²) in [7, 11) is 0. The summed E-state index contributed by atoms with van der Waals surface area (Å²) < 4.78 is 0.972. The fraction of sp³-hybridized carbons (Fsp3) is 0.545. The Morgan fingerprint density at radius 2 is 2.40 bits per heavy atom. The molecule has 82 valence electrons. The maximum absolute atomic E-state index is 10.3. The molecule has 0 aliphatic carbocycles. The summed E-state index contributed by atoms with van der Waals surface area (Å²) >= 11 is 3.35. The number of hydrogen-bond acceptors (Lipinski definition) is 3. The van der Waals surface area contributed by atoms with E-state index in [4.69, 9.17) is 0 Å². The standard InChI is InChI=1S/C11H15BrN2O/c12-9-2-3-10(14-7-9)6-11(15)4-1-5-13-8-11/h2-3,7,13,15H,1,4-6,8H2. The van der Waals surface area contributed by atoms with Gasteiger partial charge in [0.05, 0.1) is 5.60 Å². The van der Waals surface area contributed by atoms with E-state index in [1.165, 1.54) is 0 Å². The average molecular weight is 271 g/mol. The molecule has 15 heavy (non-hydrogen) atoms. The van der Waals surface area contributed by atoms with Crippen LogP contribution in [0.5, 0.6) is 0 Å². The first kappa shape index (κ1) is 11.0. The summed E-state index contributed by atoms with van der Waals surface area (Å²) in [5, 5.41) is 13.5. The minimum atomic E-state index is -0.612. The number of aliphatic hydroxyl groups is 1. The highest BCUT2D eigenvalue weighted by atomic mass is 79.9. The fourth-order valence-electron chi connectivity index (χ4n) is 1.95. The van der Waals surface area contributed by atoms with Crippen LogP contribution in [-0.2, 0) is 6.42 Å². The molecule has 1 aliphatic rings. The van der Waals surface area contributed by atoms with Crippen molar-refractivity contribution in [3.05, 3.63) is 28.5 Å². The number of β-amino-alcohol motifs (C(OH)–C–C–N with tert-alkyl or cyclic N) is 1. The molecule has 0 saturated carbocycles. The molecule has 1 aromatic rings. The maximum atomic E-state index is 10.3. The van der Waals surface area contributed by atoms with Gasteiger partial charge in [0.1, 0.15) is 0 Å². The number of hydrogen-bond donors (Lipinski definition) is 2. The SMILES string of the molecule is OC1(Cc2ccc(Br)cn2)CCCNC1. The molecule has 2 N–H and O–H groups in total. The van der Waals surface area contributed by atoms with E-state index >= 15 is 0 Å². The highest BCUT2D eigenvalue weighted by molar-refractivity contribution is 9.10. The van der Waals surface area contributed by atoms with Crippen molar-refractivity contribution in [3.8, 4) is 0 Å². The zero-order valence-electron chi connectivity index (χ0n) is 8.54. The third-order valence-corrected chi connectivity index (χ3v) is 3.22. The number of rotatable bonds is 2. The Kier molecular flexibility index (Phi) is 3.38. The zero-order chi connectivity index (χ0) is 10.7. The van der Waals surface area contributed by atoms with Crippen molar-refractivity contribution in [2.24, 2.45) is 0 Å². The molecule has 0 bridgehead atoms. The molecule has 1 aliphatic heterocycles. The van der Waals surface area contributed by atoms with Crippen LogP contribution in [0.3, 0.4) is 0 Å². The molecule has 1 saturated heterocycles. The van der Waals surface area contributed by atoms with Gasteiger partial charge in [-0.2, -0.15) is 0 Å². The molecule has 0 aromatic carbocycles. The molecule has 0 spiro atoms. The van der Waals surface area contributed by atoms with Crippen molar-refractivity contribution in [1.82, 2.24) is 10.3 Å². The average Bonchev–Trinajstić information content (AvgIpc) is 2.22. The Labute approximate surface area is 98.0 Å². The molecule has 0 radical (unpaired) electrons. The van der Waals surface area contributed by atoms with E-state index in [0.29, 0.717) is 13.0 Å². The third-order valence-electron chi connectivity index (χ3n) is 2.75. The van der Waals surface area contributed by atoms with Gasteiger partial charge in [-0.25, -0.2) is 0 Å². The lowest BCUT2D eigenvalue weighted by atomic mass is 9.89. The molecule has 4 heteroatoms. The quantitative estimate of drug-likeness (QED) is 0.856. The van der Waals surface area contributed by atoms with E-state index in [0.717, 1.165) is 29.6 Å². The number of pyridine rings is 1. The van der Waals surface area contributed by atoms with E-state index in [-0.39, 0.29) is 0 Å². The molecule has 1 aromatic heterocycles. The van der Waals surface area contributed by atoms with Crippen LogP contribution in [-0.4, -0.2) is 28.8 Å². The monoisotopic (exact) mass is 270 g/mol. The minimum Gasteiger partial charge on any atom is -0.388 e. The molecule has 2 rings (SSSR count). The van der Waals surface area contributed by atoms with Crippen molar-refractivity contribution >= 4 is 15.9 Å². The van der Waals surface area contributed by atoms with Gasteiger partial charge in [0.25, 0.3) is 0 Å². The lowest BCUT2D eigenvalue weighted by molar-refractivity contribution is 0.0161. The summed E-state index contributed by atoms with van der Waals surface area (Å²) in [6, 6.07) is 3.92. The summed E-state index contributed by atoms with van der Waals surface area (Å²) in [4.78, 5) is 4.28. The van der Waals surface area contributed by atoms with Gasteiger partial charge in [-0.05, 0) is 47.4 Å².